The Hall–Kier alpha value is -1.28. The fourth-order valence-corrected chi connectivity index (χ4v) is 6.10. The van der Waals surface area contributed by atoms with Gasteiger partial charge in [0.1, 0.15) is 0 Å². The highest BCUT2D eigenvalue weighted by Gasteiger charge is 2.63. The van der Waals surface area contributed by atoms with Crippen LogP contribution in [0.4, 0.5) is 0 Å². The Morgan fingerprint density at radius 1 is 1.13 bits per heavy atom. The van der Waals surface area contributed by atoms with Gasteiger partial charge in [0.2, 0.25) is 0 Å². The van der Waals surface area contributed by atoms with E-state index in [0.29, 0.717) is 18.1 Å². The Bertz CT molecular complexity index is 608. The maximum atomic E-state index is 6.37. The van der Waals surface area contributed by atoms with Gasteiger partial charge in [0.05, 0.1) is 25.1 Å². The van der Waals surface area contributed by atoms with Crippen LogP contribution in [0.5, 0.6) is 0 Å². The molecule has 2 heteroatoms. The van der Waals surface area contributed by atoms with Gasteiger partial charge < -0.3 is 9.47 Å². The average molecular weight is 310 g/mol. The molecule has 0 aromatic heterocycles. The highest BCUT2D eigenvalue weighted by molar-refractivity contribution is 5.62. The van der Waals surface area contributed by atoms with E-state index < -0.39 is 0 Å². The zero-order valence-corrected chi connectivity index (χ0v) is 13.9. The minimum atomic E-state index is 0.491. The van der Waals surface area contributed by atoms with Crippen molar-refractivity contribution in [2.45, 2.75) is 44.8 Å². The number of rotatable bonds is 4. The molecule has 2 saturated carbocycles. The molecule has 0 N–H and O–H groups in total. The summed E-state index contributed by atoms with van der Waals surface area (Å²) in [6, 6.07) is 10.5. The van der Waals surface area contributed by atoms with Crippen molar-refractivity contribution in [1.29, 1.82) is 0 Å². The van der Waals surface area contributed by atoms with E-state index in [1.807, 2.05) is 6.26 Å². The van der Waals surface area contributed by atoms with Gasteiger partial charge >= 0.3 is 0 Å². The molecule has 0 spiro atoms. The predicted molar refractivity (Wildman–Crippen MR) is 90.6 cm³/mol. The number of hydrogen-bond donors (Lipinski definition) is 0. The van der Waals surface area contributed by atoms with Crippen LogP contribution in [-0.2, 0) is 9.47 Å². The van der Waals surface area contributed by atoms with Crippen LogP contribution >= 0.6 is 0 Å². The van der Waals surface area contributed by atoms with Crippen LogP contribution in [-0.4, -0.2) is 18.8 Å². The fourth-order valence-electron chi connectivity index (χ4n) is 6.10. The van der Waals surface area contributed by atoms with Crippen molar-refractivity contribution in [2.75, 3.05) is 6.61 Å². The lowest BCUT2D eigenvalue weighted by atomic mass is 9.68. The SMILES string of the molecule is C/C(=C/OCC1CC2OC1C1C3CCC(C3)C21)c1ccccc1. The van der Waals surface area contributed by atoms with Crippen molar-refractivity contribution in [3.05, 3.63) is 42.2 Å². The van der Waals surface area contributed by atoms with Crippen molar-refractivity contribution in [2.24, 2.45) is 29.6 Å². The van der Waals surface area contributed by atoms with Crippen LogP contribution in [0, 0.1) is 29.6 Å². The minimum absolute atomic E-state index is 0.491. The summed E-state index contributed by atoms with van der Waals surface area (Å²) in [5, 5.41) is 0. The summed E-state index contributed by atoms with van der Waals surface area (Å²) >= 11 is 0. The summed E-state index contributed by atoms with van der Waals surface area (Å²) in [5.74, 6) is 4.32. The van der Waals surface area contributed by atoms with Crippen LogP contribution in [0.25, 0.3) is 5.57 Å². The highest BCUT2D eigenvalue weighted by atomic mass is 16.5. The molecule has 0 radical (unpaired) electrons. The summed E-state index contributed by atoms with van der Waals surface area (Å²) in [6.45, 7) is 2.95. The van der Waals surface area contributed by atoms with E-state index in [4.69, 9.17) is 9.47 Å². The third kappa shape index (κ3) is 2.18. The van der Waals surface area contributed by atoms with Crippen molar-refractivity contribution in [3.8, 4) is 0 Å². The van der Waals surface area contributed by atoms with E-state index >= 15 is 0 Å². The molecule has 1 aromatic carbocycles. The number of allylic oxidation sites excluding steroid dienone is 1. The molecule has 2 nitrogen and oxygen atoms in total. The third-order valence-electron chi connectivity index (χ3n) is 6.99. The van der Waals surface area contributed by atoms with Gasteiger partial charge in [0.15, 0.2) is 0 Å². The van der Waals surface area contributed by atoms with Gasteiger partial charge in [-0.05, 0) is 67.4 Å². The molecule has 2 heterocycles. The summed E-state index contributed by atoms with van der Waals surface area (Å²) in [6.07, 6.45) is 8.63. The third-order valence-corrected chi connectivity index (χ3v) is 6.99. The molecular formula is C21H26O2. The van der Waals surface area contributed by atoms with Gasteiger partial charge in [-0.15, -0.1) is 0 Å². The Morgan fingerprint density at radius 3 is 2.74 bits per heavy atom. The molecule has 4 aliphatic rings. The predicted octanol–water partition coefficient (Wildman–Crippen LogP) is 4.51. The molecule has 23 heavy (non-hydrogen) atoms. The van der Waals surface area contributed by atoms with Crippen LogP contribution in [0.2, 0.25) is 0 Å². The Morgan fingerprint density at radius 2 is 1.91 bits per heavy atom. The lowest BCUT2D eigenvalue weighted by Gasteiger charge is -2.35. The molecule has 5 rings (SSSR count). The van der Waals surface area contributed by atoms with E-state index in [-0.39, 0.29) is 0 Å². The normalized spacial score (nSPS) is 43.9. The Kier molecular flexibility index (Phi) is 3.29. The standard InChI is InChI=1S/C21H26O2/c1-13(14-5-3-2-4-6-14)11-22-12-17-10-18-19-15-7-8-16(9-15)20(19)21(17)23-18/h2-6,11,15-21H,7-10,12H2,1H3/b13-11-. The van der Waals surface area contributed by atoms with Crippen LogP contribution in [0.1, 0.15) is 38.2 Å². The molecule has 0 amide bonds. The summed E-state index contributed by atoms with van der Waals surface area (Å²) < 4.78 is 12.3. The second-order valence-corrected chi connectivity index (χ2v) is 8.12. The maximum Gasteiger partial charge on any atom is 0.0927 e. The zero-order chi connectivity index (χ0) is 15.4. The summed E-state index contributed by atoms with van der Waals surface area (Å²) in [7, 11) is 0. The zero-order valence-electron chi connectivity index (χ0n) is 13.9. The summed E-state index contributed by atoms with van der Waals surface area (Å²) in [5.41, 5.74) is 2.44. The van der Waals surface area contributed by atoms with E-state index in [0.717, 1.165) is 30.3 Å². The Balaban J connectivity index is 1.22. The van der Waals surface area contributed by atoms with Crippen LogP contribution < -0.4 is 0 Å². The average Bonchev–Trinajstić information content (AvgIpc) is 3.34. The number of fused-ring (bicyclic) bond motifs is 9. The maximum absolute atomic E-state index is 6.37. The molecule has 1 aromatic rings. The fraction of sp³-hybridized carbons (Fsp3) is 0.619. The van der Waals surface area contributed by atoms with E-state index in [9.17, 15) is 0 Å². The molecule has 4 fully saturated rings. The summed E-state index contributed by atoms with van der Waals surface area (Å²) in [4.78, 5) is 0. The van der Waals surface area contributed by atoms with Gasteiger partial charge in [-0.1, -0.05) is 30.3 Å². The first-order valence-electron chi connectivity index (χ1n) is 9.30. The number of hydrogen-bond acceptors (Lipinski definition) is 2. The first-order valence-corrected chi connectivity index (χ1v) is 9.30. The number of benzene rings is 1. The minimum Gasteiger partial charge on any atom is -0.501 e. The molecule has 122 valence electrons. The molecule has 4 bridgehead atoms. The van der Waals surface area contributed by atoms with Crippen molar-refractivity contribution < 1.29 is 9.47 Å². The second kappa shape index (κ2) is 5.37. The quantitative estimate of drug-likeness (QED) is 0.762. The smallest absolute Gasteiger partial charge is 0.0927 e. The van der Waals surface area contributed by atoms with Crippen molar-refractivity contribution in [3.63, 3.8) is 0 Å². The lowest BCUT2D eigenvalue weighted by Crippen LogP contribution is -2.38. The lowest BCUT2D eigenvalue weighted by molar-refractivity contribution is 0.0448. The topological polar surface area (TPSA) is 18.5 Å². The highest BCUT2D eigenvalue weighted by Crippen LogP contribution is 2.63. The van der Waals surface area contributed by atoms with Gasteiger partial charge in [-0.3, -0.25) is 0 Å². The molecule has 2 saturated heterocycles. The van der Waals surface area contributed by atoms with Gasteiger partial charge in [-0.25, -0.2) is 0 Å². The van der Waals surface area contributed by atoms with Crippen molar-refractivity contribution >= 4 is 5.57 Å². The van der Waals surface area contributed by atoms with E-state index in [2.05, 4.69) is 37.3 Å². The largest absolute Gasteiger partial charge is 0.501 e. The molecule has 7 atom stereocenters. The van der Waals surface area contributed by atoms with Crippen LogP contribution in [0.15, 0.2) is 36.6 Å². The molecule has 2 aliphatic carbocycles. The molecular weight excluding hydrogens is 284 g/mol. The van der Waals surface area contributed by atoms with Gasteiger partial charge in [0.25, 0.3) is 0 Å². The number of ether oxygens (including phenoxy) is 2. The molecule has 7 unspecified atom stereocenters. The van der Waals surface area contributed by atoms with E-state index in [1.54, 1.807) is 0 Å². The first-order chi connectivity index (χ1) is 11.3. The second-order valence-electron chi connectivity index (χ2n) is 8.12. The molecule has 2 aliphatic heterocycles. The van der Waals surface area contributed by atoms with Gasteiger partial charge in [0, 0.05) is 5.92 Å². The van der Waals surface area contributed by atoms with Gasteiger partial charge in [-0.2, -0.15) is 0 Å². The van der Waals surface area contributed by atoms with E-state index in [1.165, 1.54) is 36.8 Å². The van der Waals surface area contributed by atoms with Crippen molar-refractivity contribution in [1.82, 2.24) is 0 Å². The van der Waals surface area contributed by atoms with Crippen LogP contribution in [0.3, 0.4) is 0 Å². The first kappa shape index (κ1) is 14.1. The Labute approximate surface area is 138 Å². The monoisotopic (exact) mass is 310 g/mol.